The van der Waals surface area contributed by atoms with Crippen molar-refractivity contribution in [3.8, 4) is 0 Å². The van der Waals surface area contributed by atoms with Gasteiger partial charge in [0.25, 0.3) is 0 Å². The van der Waals surface area contributed by atoms with Gasteiger partial charge in [-0.3, -0.25) is 9.59 Å². The third-order valence-electron chi connectivity index (χ3n) is 6.38. The normalized spacial score (nSPS) is 11.7. The number of carbonyl (C=O) groups is 2. The zero-order valence-corrected chi connectivity index (χ0v) is 21.5. The highest BCUT2D eigenvalue weighted by atomic mass is 16.2. The van der Waals surface area contributed by atoms with E-state index in [4.69, 9.17) is 0 Å². The Labute approximate surface area is 210 Å². The van der Waals surface area contributed by atoms with Gasteiger partial charge in [0.15, 0.2) is 0 Å². The fraction of sp³-hybridized carbons (Fsp3) is 0.355. The number of nitrogens with zero attached hydrogens (tertiary/aromatic N) is 1. The van der Waals surface area contributed by atoms with Crippen molar-refractivity contribution in [3.05, 3.63) is 106 Å². The predicted octanol–water partition coefficient (Wildman–Crippen LogP) is 5.71. The molecule has 0 saturated heterocycles. The molecular weight excluding hydrogens is 432 g/mol. The van der Waals surface area contributed by atoms with Crippen LogP contribution in [0.4, 0.5) is 0 Å². The lowest BCUT2D eigenvalue weighted by Crippen LogP contribution is -2.51. The molecule has 1 atom stereocenters. The van der Waals surface area contributed by atoms with Gasteiger partial charge in [-0.1, -0.05) is 97.3 Å². The largest absolute Gasteiger partial charge is 0.354 e. The molecule has 184 valence electrons. The van der Waals surface area contributed by atoms with E-state index in [1.165, 1.54) is 0 Å². The second-order valence-corrected chi connectivity index (χ2v) is 9.47. The summed E-state index contributed by atoms with van der Waals surface area (Å²) in [4.78, 5) is 29.2. The van der Waals surface area contributed by atoms with Crippen LogP contribution in [-0.4, -0.2) is 29.3 Å². The number of aryl methyl sites for hydroxylation is 3. The van der Waals surface area contributed by atoms with Crippen LogP contribution in [0.2, 0.25) is 0 Å². The Hall–Kier alpha value is -3.40. The van der Waals surface area contributed by atoms with E-state index >= 15 is 0 Å². The minimum Gasteiger partial charge on any atom is -0.354 e. The molecule has 0 aliphatic carbocycles. The van der Waals surface area contributed by atoms with E-state index in [1.54, 1.807) is 4.90 Å². The van der Waals surface area contributed by atoms with Crippen LogP contribution in [0, 0.1) is 20.8 Å². The standard InChI is InChI=1S/C31H38N2O2/c1-5-6-17-32-31(35)29(20-26-12-8-7-9-13-26)33(22-27-14-10-11-23(2)18-27)30(34)21-28-19-24(3)15-16-25(28)4/h7-16,18-19,29H,5-6,17,20-22H2,1-4H3,(H,32,35). The molecule has 0 fully saturated rings. The summed E-state index contributed by atoms with van der Waals surface area (Å²) in [5.74, 6) is -0.129. The summed E-state index contributed by atoms with van der Waals surface area (Å²) < 4.78 is 0. The van der Waals surface area contributed by atoms with E-state index in [2.05, 4.69) is 36.5 Å². The van der Waals surface area contributed by atoms with Crippen LogP contribution in [0.15, 0.2) is 72.8 Å². The maximum absolute atomic E-state index is 13.9. The molecule has 0 aliphatic heterocycles. The van der Waals surface area contributed by atoms with Gasteiger partial charge in [-0.15, -0.1) is 0 Å². The number of unbranched alkanes of at least 4 members (excludes halogenated alkanes) is 1. The monoisotopic (exact) mass is 470 g/mol. The lowest BCUT2D eigenvalue weighted by atomic mass is 9.99. The highest BCUT2D eigenvalue weighted by Gasteiger charge is 2.30. The first-order valence-corrected chi connectivity index (χ1v) is 12.6. The van der Waals surface area contributed by atoms with Gasteiger partial charge in [-0.25, -0.2) is 0 Å². The molecule has 0 spiro atoms. The van der Waals surface area contributed by atoms with Gasteiger partial charge in [-0.2, -0.15) is 0 Å². The second-order valence-electron chi connectivity index (χ2n) is 9.47. The molecule has 4 heteroatoms. The lowest BCUT2D eigenvalue weighted by molar-refractivity contribution is -0.140. The molecule has 1 unspecified atom stereocenters. The molecule has 0 aliphatic rings. The Morgan fingerprint density at radius 1 is 0.857 bits per heavy atom. The van der Waals surface area contributed by atoms with Crippen molar-refractivity contribution < 1.29 is 9.59 Å². The lowest BCUT2D eigenvalue weighted by Gasteiger charge is -2.32. The van der Waals surface area contributed by atoms with Crippen LogP contribution >= 0.6 is 0 Å². The molecule has 3 aromatic rings. The number of amides is 2. The van der Waals surface area contributed by atoms with Crippen LogP contribution < -0.4 is 5.32 Å². The fourth-order valence-corrected chi connectivity index (χ4v) is 4.32. The zero-order chi connectivity index (χ0) is 25.2. The Morgan fingerprint density at radius 3 is 2.29 bits per heavy atom. The van der Waals surface area contributed by atoms with Gasteiger partial charge in [0, 0.05) is 19.5 Å². The summed E-state index contributed by atoms with van der Waals surface area (Å²) in [6.45, 7) is 9.23. The molecule has 1 N–H and O–H groups in total. The topological polar surface area (TPSA) is 49.4 Å². The summed E-state index contributed by atoms with van der Waals surface area (Å²) in [6.07, 6.45) is 2.66. The molecule has 0 heterocycles. The third kappa shape index (κ3) is 7.81. The third-order valence-corrected chi connectivity index (χ3v) is 6.38. The average molecular weight is 471 g/mol. The van der Waals surface area contributed by atoms with Crippen molar-refractivity contribution in [2.45, 2.75) is 66.0 Å². The van der Waals surface area contributed by atoms with Gasteiger partial charge in [0.05, 0.1) is 6.42 Å². The van der Waals surface area contributed by atoms with Crippen molar-refractivity contribution in [2.24, 2.45) is 0 Å². The van der Waals surface area contributed by atoms with Crippen LogP contribution in [0.25, 0.3) is 0 Å². The van der Waals surface area contributed by atoms with Gasteiger partial charge in [-0.05, 0) is 49.4 Å². The van der Waals surface area contributed by atoms with E-state index < -0.39 is 6.04 Å². The molecule has 0 aromatic heterocycles. The van der Waals surface area contributed by atoms with Crippen molar-refractivity contribution in [1.29, 1.82) is 0 Å². The smallest absolute Gasteiger partial charge is 0.243 e. The number of nitrogens with one attached hydrogen (secondary N) is 1. The molecule has 0 bridgehead atoms. The van der Waals surface area contributed by atoms with E-state index in [1.807, 2.05) is 69.3 Å². The number of benzene rings is 3. The van der Waals surface area contributed by atoms with Gasteiger partial charge in [0.1, 0.15) is 6.04 Å². The maximum atomic E-state index is 13.9. The van der Waals surface area contributed by atoms with Crippen LogP contribution in [0.3, 0.4) is 0 Å². The Bertz CT molecular complexity index is 1120. The van der Waals surface area contributed by atoms with Crippen molar-refractivity contribution in [2.75, 3.05) is 6.54 Å². The SMILES string of the molecule is CCCCNC(=O)C(Cc1ccccc1)N(Cc1cccc(C)c1)C(=O)Cc1cc(C)ccc1C. The second kappa shape index (κ2) is 12.9. The van der Waals surface area contributed by atoms with Gasteiger partial charge >= 0.3 is 0 Å². The Balaban J connectivity index is 1.97. The molecule has 2 amide bonds. The molecule has 0 saturated carbocycles. The Morgan fingerprint density at radius 2 is 1.57 bits per heavy atom. The highest BCUT2D eigenvalue weighted by Crippen LogP contribution is 2.19. The highest BCUT2D eigenvalue weighted by molar-refractivity contribution is 5.89. The number of hydrogen-bond acceptors (Lipinski definition) is 2. The van der Waals surface area contributed by atoms with E-state index in [9.17, 15) is 9.59 Å². The predicted molar refractivity (Wildman–Crippen MR) is 143 cm³/mol. The number of carbonyl (C=O) groups excluding carboxylic acids is 2. The summed E-state index contributed by atoms with van der Waals surface area (Å²) >= 11 is 0. The minimum absolute atomic E-state index is 0.0354. The summed E-state index contributed by atoms with van der Waals surface area (Å²) in [7, 11) is 0. The Kier molecular flexibility index (Phi) is 9.66. The summed E-state index contributed by atoms with van der Waals surface area (Å²) in [5.41, 5.74) is 6.43. The van der Waals surface area contributed by atoms with E-state index in [-0.39, 0.29) is 18.2 Å². The molecular formula is C31H38N2O2. The van der Waals surface area contributed by atoms with Crippen molar-refractivity contribution in [3.63, 3.8) is 0 Å². The first kappa shape index (κ1) is 26.2. The fourth-order valence-electron chi connectivity index (χ4n) is 4.32. The molecule has 3 rings (SSSR count). The van der Waals surface area contributed by atoms with E-state index in [0.717, 1.165) is 46.2 Å². The van der Waals surface area contributed by atoms with Crippen LogP contribution in [0.1, 0.15) is 53.1 Å². The summed E-state index contributed by atoms with van der Waals surface area (Å²) in [6, 6.07) is 23.7. The van der Waals surface area contributed by atoms with E-state index in [0.29, 0.717) is 19.5 Å². The molecule has 0 radical (unpaired) electrons. The van der Waals surface area contributed by atoms with Gasteiger partial charge < -0.3 is 10.2 Å². The number of rotatable bonds is 11. The number of hydrogen-bond donors (Lipinski definition) is 1. The average Bonchev–Trinajstić information content (AvgIpc) is 2.84. The van der Waals surface area contributed by atoms with Gasteiger partial charge in [0.2, 0.25) is 11.8 Å². The van der Waals surface area contributed by atoms with Crippen molar-refractivity contribution >= 4 is 11.8 Å². The zero-order valence-electron chi connectivity index (χ0n) is 21.5. The molecule has 3 aromatic carbocycles. The van der Waals surface area contributed by atoms with Crippen molar-refractivity contribution in [1.82, 2.24) is 10.2 Å². The summed E-state index contributed by atoms with van der Waals surface area (Å²) in [5, 5.41) is 3.09. The molecule has 4 nitrogen and oxygen atoms in total. The maximum Gasteiger partial charge on any atom is 0.243 e. The first-order chi connectivity index (χ1) is 16.9. The van der Waals surface area contributed by atoms with Crippen LogP contribution in [-0.2, 0) is 29.0 Å². The van der Waals surface area contributed by atoms with Crippen LogP contribution in [0.5, 0.6) is 0 Å². The minimum atomic E-state index is -0.590. The molecule has 35 heavy (non-hydrogen) atoms. The quantitative estimate of drug-likeness (QED) is 0.365. The first-order valence-electron chi connectivity index (χ1n) is 12.6.